The van der Waals surface area contributed by atoms with Crippen molar-refractivity contribution in [2.75, 3.05) is 18.6 Å². The molecule has 4 unspecified atom stereocenters. The summed E-state index contributed by atoms with van der Waals surface area (Å²) in [5.74, 6) is -4.40. The predicted octanol–water partition coefficient (Wildman–Crippen LogP) is -1.77. The maximum absolute atomic E-state index is 12.6. The van der Waals surface area contributed by atoms with E-state index in [-0.39, 0.29) is 6.42 Å². The van der Waals surface area contributed by atoms with E-state index >= 15 is 0 Å². The quantitative estimate of drug-likeness (QED) is 0.128. The largest absolute Gasteiger partial charge is 0.481 e. The van der Waals surface area contributed by atoms with Gasteiger partial charge in [-0.1, -0.05) is 6.42 Å². The zero-order valence-electron chi connectivity index (χ0n) is 17.8. The molecular formula is C18H33N5O7S. The SMILES string of the molecule is CSCCC(NC(=O)C(CC(=O)O)NC(=O)C(N)CCCCN)C(=O)NC(C)C(=O)O. The first-order valence-corrected chi connectivity index (χ1v) is 11.2. The Labute approximate surface area is 185 Å². The van der Waals surface area contributed by atoms with Crippen LogP contribution < -0.4 is 27.4 Å². The highest BCUT2D eigenvalue weighted by Crippen LogP contribution is 2.05. The highest BCUT2D eigenvalue weighted by molar-refractivity contribution is 7.98. The van der Waals surface area contributed by atoms with E-state index in [1.54, 1.807) is 6.26 Å². The number of carbonyl (C=O) groups excluding carboxylic acids is 3. The van der Waals surface area contributed by atoms with Gasteiger partial charge in [-0.3, -0.25) is 24.0 Å². The third kappa shape index (κ3) is 12.2. The number of hydrogen-bond acceptors (Lipinski definition) is 8. The van der Waals surface area contributed by atoms with Crippen LogP contribution in [0.1, 0.15) is 39.0 Å². The minimum absolute atomic E-state index is 0.178. The lowest BCUT2D eigenvalue weighted by Crippen LogP contribution is -2.57. The Morgan fingerprint density at radius 1 is 0.903 bits per heavy atom. The molecule has 0 saturated heterocycles. The minimum atomic E-state index is -1.45. The van der Waals surface area contributed by atoms with Gasteiger partial charge in [0.2, 0.25) is 17.7 Å². The monoisotopic (exact) mass is 463 g/mol. The number of nitrogens with one attached hydrogen (secondary N) is 3. The summed E-state index contributed by atoms with van der Waals surface area (Å²) in [7, 11) is 0. The number of unbranched alkanes of at least 4 members (excludes halogenated alkanes) is 1. The molecule has 0 aromatic rings. The van der Waals surface area contributed by atoms with Crippen LogP contribution in [-0.2, 0) is 24.0 Å². The fraction of sp³-hybridized carbons (Fsp3) is 0.722. The molecule has 0 aromatic carbocycles. The fourth-order valence-electron chi connectivity index (χ4n) is 2.45. The number of carbonyl (C=O) groups is 5. The zero-order valence-corrected chi connectivity index (χ0v) is 18.6. The Hall–Kier alpha value is -2.38. The van der Waals surface area contributed by atoms with Gasteiger partial charge in [0, 0.05) is 0 Å². The Balaban J connectivity index is 5.23. The van der Waals surface area contributed by atoms with Gasteiger partial charge >= 0.3 is 11.9 Å². The summed E-state index contributed by atoms with van der Waals surface area (Å²) >= 11 is 1.41. The third-order valence-electron chi connectivity index (χ3n) is 4.29. The summed E-state index contributed by atoms with van der Waals surface area (Å²) < 4.78 is 0. The van der Waals surface area contributed by atoms with E-state index in [0.717, 1.165) is 0 Å². The standard InChI is InChI=1S/C18H33N5O7S/c1-10(18(29)30)21-16(27)12(6-8-31-2)22-17(28)13(9-14(24)25)23-15(26)11(20)5-3-4-7-19/h10-13H,3-9,19-20H2,1-2H3,(H,21,27)(H,22,28)(H,23,26)(H,24,25)(H,29,30). The Kier molecular flexibility index (Phi) is 14.2. The number of rotatable bonds is 16. The number of nitrogens with two attached hydrogens (primary N) is 2. The maximum atomic E-state index is 12.6. The smallest absolute Gasteiger partial charge is 0.325 e. The van der Waals surface area contributed by atoms with E-state index in [2.05, 4.69) is 16.0 Å². The number of hydrogen-bond donors (Lipinski definition) is 7. The van der Waals surface area contributed by atoms with Gasteiger partial charge in [0.25, 0.3) is 0 Å². The van der Waals surface area contributed by atoms with Gasteiger partial charge in [-0.15, -0.1) is 0 Å². The minimum Gasteiger partial charge on any atom is -0.481 e. The Morgan fingerprint density at radius 2 is 1.48 bits per heavy atom. The summed E-state index contributed by atoms with van der Waals surface area (Å²) in [5, 5.41) is 25.0. The molecule has 0 rings (SSSR count). The molecule has 12 nitrogen and oxygen atoms in total. The molecule has 0 aromatic heterocycles. The molecule has 9 N–H and O–H groups in total. The van der Waals surface area contributed by atoms with Crippen LogP contribution in [0.15, 0.2) is 0 Å². The van der Waals surface area contributed by atoms with Crippen molar-refractivity contribution in [1.29, 1.82) is 0 Å². The first kappa shape index (κ1) is 28.6. The van der Waals surface area contributed by atoms with Gasteiger partial charge in [-0.05, 0) is 44.7 Å². The van der Waals surface area contributed by atoms with E-state index in [9.17, 15) is 24.0 Å². The van der Waals surface area contributed by atoms with Crippen molar-refractivity contribution in [2.45, 2.75) is 63.2 Å². The molecule has 13 heteroatoms. The second kappa shape index (κ2) is 15.4. The number of thioether (sulfide) groups is 1. The second-order valence-corrected chi connectivity index (χ2v) is 7.95. The molecule has 0 bridgehead atoms. The number of carboxylic acid groups (broad SMARTS) is 2. The van der Waals surface area contributed by atoms with Crippen molar-refractivity contribution in [3.63, 3.8) is 0 Å². The average Bonchev–Trinajstić information content (AvgIpc) is 2.69. The summed E-state index contributed by atoms with van der Waals surface area (Å²) in [6.45, 7) is 1.71. The van der Waals surface area contributed by atoms with E-state index in [1.807, 2.05) is 0 Å². The molecule has 31 heavy (non-hydrogen) atoms. The summed E-state index contributed by atoms with van der Waals surface area (Å²) in [5.41, 5.74) is 11.2. The van der Waals surface area contributed by atoms with Gasteiger partial charge in [0.1, 0.15) is 18.1 Å². The maximum Gasteiger partial charge on any atom is 0.325 e. The summed E-state index contributed by atoms with van der Waals surface area (Å²) in [6.07, 6.45) is 2.83. The molecule has 0 aliphatic carbocycles. The lowest BCUT2D eigenvalue weighted by molar-refractivity contribution is -0.143. The molecule has 3 amide bonds. The van der Waals surface area contributed by atoms with E-state index < -0.39 is 60.2 Å². The molecule has 4 atom stereocenters. The van der Waals surface area contributed by atoms with Gasteiger partial charge < -0.3 is 37.6 Å². The van der Waals surface area contributed by atoms with E-state index in [4.69, 9.17) is 21.7 Å². The molecule has 0 radical (unpaired) electrons. The number of amides is 3. The Bertz CT molecular complexity index is 634. The fourth-order valence-corrected chi connectivity index (χ4v) is 2.93. The summed E-state index contributed by atoms with van der Waals surface area (Å²) in [6, 6.07) is -4.68. The molecule has 0 spiro atoms. The molecule has 0 fully saturated rings. The van der Waals surface area contributed by atoms with Crippen LogP contribution in [0, 0.1) is 0 Å². The van der Waals surface area contributed by atoms with Crippen molar-refractivity contribution in [3.8, 4) is 0 Å². The van der Waals surface area contributed by atoms with Crippen molar-refractivity contribution in [1.82, 2.24) is 16.0 Å². The molecule has 0 aliphatic heterocycles. The first-order chi connectivity index (χ1) is 14.5. The highest BCUT2D eigenvalue weighted by Gasteiger charge is 2.30. The van der Waals surface area contributed by atoms with Crippen molar-refractivity contribution in [3.05, 3.63) is 0 Å². The average molecular weight is 464 g/mol. The molecule has 0 aliphatic rings. The molecular weight excluding hydrogens is 430 g/mol. The van der Waals surface area contributed by atoms with Crippen molar-refractivity contribution < 1.29 is 34.2 Å². The predicted molar refractivity (Wildman–Crippen MR) is 115 cm³/mol. The van der Waals surface area contributed by atoms with Crippen LogP contribution in [-0.4, -0.2) is 82.6 Å². The van der Waals surface area contributed by atoms with Crippen LogP contribution in [0.5, 0.6) is 0 Å². The lowest BCUT2D eigenvalue weighted by atomic mass is 10.1. The van der Waals surface area contributed by atoms with E-state index in [0.29, 0.717) is 31.6 Å². The highest BCUT2D eigenvalue weighted by atomic mass is 32.2. The molecule has 178 valence electrons. The second-order valence-electron chi connectivity index (χ2n) is 6.96. The van der Waals surface area contributed by atoms with Crippen molar-refractivity contribution >= 4 is 41.4 Å². The number of carboxylic acids is 2. The zero-order chi connectivity index (χ0) is 24.0. The number of aliphatic carboxylic acids is 2. The van der Waals surface area contributed by atoms with Gasteiger partial charge in [0.05, 0.1) is 12.5 Å². The Morgan fingerprint density at radius 3 is 2.00 bits per heavy atom. The molecule has 0 heterocycles. The first-order valence-electron chi connectivity index (χ1n) is 9.83. The van der Waals surface area contributed by atoms with Crippen molar-refractivity contribution in [2.24, 2.45) is 11.5 Å². The van der Waals surface area contributed by atoms with Crippen LogP contribution in [0.3, 0.4) is 0 Å². The van der Waals surface area contributed by atoms with Crippen LogP contribution >= 0.6 is 11.8 Å². The van der Waals surface area contributed by atoms with Crippen LogP contribution in [0.25, 0.3) is 0 Å². The van der Waals surface area contributed by atoms with E-state index in [1.165, 1.54) is 18.7 Å². The van der Waals surface area contributed by atoms with Gasteiger partial charge in [0.15, 0.2) is 0 Å². The lowest BCUT2D eigenvalue weighted by Gasteiger charge is -2.24. The third-order valence-corrected chi connectivity index (χ3v) is 4.93. The van der Waals surface area contributed by atoms with Crippen LogP contribution in [0.4, 0.5) is 0 Å². The van der Waals surface area contributed by atoms with Gasteiger partial charge in [-0.2, -0.15) is 11.8 Å². The molecule has 0 saturated carbocycles. The topological polar surface area (TPSA) is 214 Å². The summed E-state index contributed by atoms with van der Waals surface area (Å²) in [4.78, 5) is 59.4. The van der Waals surface area contributed by atoms with Gasteiger partial charge in [-0.25, -0.2) is 0 Å². The normalized spacial score (nSPS) is 14.6. The van der Waals surface area contributed by atoms with Crippen LogP contribution in [0.2, 0.25) is 0 Å².